The van der Waals surface area contributed by atoms with Crippen LogP contribution in [0.2, 0.25) is 0 Å². The van der Waals surface area contributed by atoms with Gasteiger partial charge < -0.3 is 19.0 Å². The molecule has 2 saturated heterocycles. The van der Waals surface area contributed by atoms with Crippen LogP contribution in [0.5, 0.6) is 0 Å². The highest BCUT2D eigenvalue weighted by Gasteiger charge is 2.54. The fraction of sp³-hybridized carbons (Fsp3) is 0.500. The number of aldehydes is 1. The minimum atomic E-state index is -0.781. The summed E-state index contributed by atoms with van der Waals surface area (Å²) in [7, 11) is 0. The van der Waals surface area contributed by atoms with Gasteiger partial charge in [-0.1, -0.05) is 12.1 Å². The van der Waals surface area contributed by atoms with Crippen molar-refractivity contribution in [2.24, 2.45) is 5.92 Å². The summed E-state index contributed by atoms with van der Waals surface area (Å²) in [6.45, 7) is 3.77. The zero-order valence-corrected chi connectivity index (χ0v) is 14.0. The van der Waals surface area contributed by atoms with Gasteiger partial charge in [0.2, 0.25) is 0 Å². The van der Waals surface area contributed by atoms with Crippen molar-refractivity contribution in [3.8, 4) is 0 Å². The molecular formula is C18H19NO6. The number of carbonyl (C=O) groups is 3. The van der Waals surface area contributed by atoms with Crippen LogP contribution in [0.25, 0.3) is 0 Å². The average molecular weight is 345 g/mol. The summed E-state index contributed by atoms with van der Waals surface area (Å²) in [6, 6.07) is 6.76. The first-order valence-corrected chi connectivity index (χ1v) is 8.33. The molecule has 4 rings (SSSR count). The molecule has 7 nitrogen and oxygen atoms in total. The van der Waals surface area contributed by atoms with Gasteiger partial charge in [0, 0.05) is 12.5 Å². The van der Waals surface area contributed by atoms with Gasteiger partial charge in [-0.25, -0.2) is 0 Å². The highest BCUT2D eigenvalue weighted by molar-refractivity contribution is 6.21. The Labute approximate surface area is 144 Å². The van der Waals surface area contributed by atoms with Gasteiger partial charge in [0.05, 0.1) is 11.1 Å². The second-order valence-corrected chi connectivity index (χ2v) is 6.97. The van der Waals surface area contributed by atoms with Crippen LogP contribution in [0.1, 0.15) is 41.0 Å². The molecule has 2 fully saturated rings. The summed E-state index contributed by atoms with van der Waals surface area (Å²) in [5.74, 6) is -1.66. The maximum absolute atomic E-state index is 12.4. The van der Waals surface area contributed by atoms with E-state index in [2.05, 4.69) is 0 Å². The first kappa shape index (κ1) is 16.4. The van der Waals surface area contributed by atoms with E-state index < -0.39 is 18.2 Å². The number of amides is 2. The standard InChI is InChI=1S/C18H19NO6/c1-18(2)24-14-12(13(9-20)23-17(14)25-18)7-8-19-15(21)10-5-3-4-6-11(10)16(19)22/h3-6,9,12-14,17H,7-8H2,1-2H3/t12-,13+,14-,17-/m0/s1. The zero-order chi connectivity index (χ0) is 17.8. The SMILES string of the molecule is CC1(C)O[C@@H]2O[C@H](C=O)[C@H](CCN3C(=O)c4ccccc4C3=O)[C@@H]2O1. The van der Waals surface area contributed by atoms with Crippen LogP contribution < -0.4 is 0 Å². The molecule has 132 valence electrons. The van der Waals surface area contributed by atoms with E-state index in [0.29, 0.717) is 17.5 Å². The first-order chi connectivity index (χ1) is 11.9. The molecule has 0 radical (unpaired) electrons. The van der Waals surface area contributed by atoms with Gasteiger partial charge >= 0.3 is 0 Å². The number of rotatable bonds is 4. The van der Waals surface area contributed by atoms with Crippen LogP contribution in [0.15, 0.2) is 24.3 Å². The van der Waals surface area contributed by atoms with Crippen molar-refractivity contribution in [3.63, 3.8) is 0 Å². The Kier molecular flexibility index (Phi) is 3.75. The second kappa shape index (κ2) is 5.72. The molecule has 7 heteroatoms. The van der Waals surface area contributed by atoms with E-state index >= 15 is 0 Å². The molecule has 25 heavy (non-hydrogen) atoms. The molecule has 3 aliphatic rings. The van der Waals surface area contributed by atoms with Gasteiger partial charge in [-0.15, -0.1) is 0 Å². The Hall–Kier alpha value is -2.09. The summed E-state index contributed by atoms with van der Waals surface area (Å²) in [4.78, 5) is 37.4. The van der Waals surface area contributed by atoms with Crippen molar-refractivity contribution >= 4 is 18.1 Å². The van der Waals surface area contributed by atoms with Gasteiger partial charge in [0.25, 0.3) is 11.8 Å². The molecule has 0 aromatic heterocycles. The molecule has 0 saturated carbocycles. The molecule has 0 spiro atoms. The van der Waals surface area contributed by atoms with E-state index in [1.807, 2.05) is 0 Å². The Bertz CT molecular complexity index is 710. The molecule has 3 aliphatic heterocycles. The van der Waals surface area contributed by atoms with E-state index in [9.17, 15) is 14.4 Å². The fourth-order valence-electron chi connectivity index (χ4n) is 3.78. The summed E-state index contributed by atoms with van der Waals surface area (Å²) in [6.07, 6.45) is -0.514. The predicted molar refractivity (Wildman–Crippen MR) is 84.7 cm³/mol. The minimum absolute atomic E-state index is 0.206. The number of imide groups is 1. The number of ether oxygens (including phenoxy) is 3. The quantitative estimate of drug-likeness (QED) is 0.605. The summed E-state index contributed by atoms with van der Waals surface area (Å²) < 4.78 is 17.1. The Morgan fingerprint density at radius 3 is 2.36 bits per heavy atom. The number of hydrogen-bond acceptors (Lipinski definition) is 6. The second-order valence-electron chi connectivity index (χ2n) is 6.97. The lowest BCUT2D eigenvalue weighted by Crippen LogP contribution is -2.36. The molecule has 1 aromatic rings. The lowest BCUT2D eigenvalue weighted by atomic mass is 9.95. The number of carbonyl (C=O) groups excluding carboxylic acids is 3. The van der Waals surface area contributed by atoms with E-state index in [4.69, 9.17) is 14.2 Å². The minimum Gasteiger partial charge on any atom is -0.341 e. The smallest absolute Gasteiger partial charge is 0.261 e. The van der Waals surface area contributed by atoms with E-state index in [1.54, 1.807) is 38.1 Å². The largest absolute Gasteiger partial charge is 0.341 e. The van der Waals surface area contributed by atoms with E-state index in [1.165, 1.54) is 4.90 Å². The van der Waals surface area contributed by atoms with Crippen LogP contribution in [-0.2, 0) is 19.0 Å². The monoisotopic (exact) mass is 345 g/mol. The predicted octanol–water partition coefficient (Wildman–Crippen LogP) is 1.36. The molecule has 4 atom stereocenters. The van der Waals surface area contributed by atoms with Crippen molar-refractivity contribution in [2.75, 3.05) is 6.54 Å². The first-order valence-electron chi connectivity index (χ1n) is 8.33. The van der Waals surface area contributed by atoms with Gasteiger partial charge in [-0.3, -0.25) is 14.5 Å². The number of benzene rings is 1. The normalized spacial score (nSPS) is 32.8. The Morgan fingerprint density at radius 1 is 1.12 bits per heavy atom. The molecule has 0 unspecified atom stereocenters. The maximum Gasteiger partial charge on any atom is 0.261 e. The molecule has 0 aliphatic carbocycles. The third kappa shape index (κ3) is 2.59. The van der Waals surface area contributed by atoms with Crippen molar-refractivity contribution < 1.29 is 28.6 Å². The fourth-order valence-corrected chi connectivity index (χ4v) is 3.78. The summed E-state index contributed by atoms with van der Waals surface area (Å²) in [5.41, 5.74) is 0.836. The highest BCUT2D eigenvalue weighted by atomic mass is 16.8. The molecule has 1 aromatic carbocycles. The van der Waals surface area contributed by atoms with Gasteiger partial charge in [-0.05, 0) is 32.4 Å². The summed E-state index contributed by atoms with van der Waals surface area (Å²) >= 11 is 0. The Morgan fingerprint density at radius 2 is 1.76 bits per heavy atom. The van der Waals surface area contributed by atoms with Crippen molar-refractivity contribution in [1.82, 2.24) is 4.90 Å². The van der Waals surface area contributed by atoms with Crippen LogP contribution in [-0.4, -0.2) is 53.8 Å². The third-order valence-electron chi connectivity index (χ3n) is 4.92. The molecule has 0 N–H and O–H groups in total. The van der Waals surface area contributed by atoms with Crippen molar-refractivity contribution in [1.29, 1.82) is 0 Å². The average Bonchev–Trinajstić information content (AvgIpc) is 3.14. The maximum atomic E-state index is 12.4. The molecular weight excluding hydrogens is 326 g/mol. The number of fused-ring (bicyclic) bond motifs is 2. The number of nitrogens with zero attached hydrogens (tertiary/aromatic N) is 1. The van der Waals surface area contributed by atoms with Crippen LogP contribution >= 0.6 is 0 Å². The van der Waals surface area contributed by atoms with Crippen LogP contribution in [0.3, 0.4) is 0 Å². The lowest BCUT2D eigenvalue weighted by Gasteiger charge is -2.24. The van der Waals surface area contributed by atoms with Gasteiger partial charge in [-0.2, -0.15) is 0 Å². The van der Waals surface area contributed by atoms with E-state index in [0.717, 1.165) is 6.29 Å². The van der Waals surface area contributed by atoms with Crippen LogP contribution in [0, 0.1) is 5.92 Å². The molecule has 3 heterocycles. The third-order valence-corrected chi connectivity index (χ3v) is 4.92. The molecule has 2 amide bonds. The van der Waals surface area contributed by atoms with Gasteiger partial charge in [0.1, 0.15) is 18.5 Å². The number of hydrogen-bond donors (Lipinski definition) is 0. The Balaban J connectivity index is 1.49. The van der Waals surface area contributed by atoms with Gasteiger partial charge in [0.15, 0.2) is 12.1 Å². The van der Waals surface area contributed by atoms with Crippen molar-refractivity contribution in [2.45, 2.75) is 44.6 Å². The van der Waals surface area contributed by atoms with E-state index in [-0.39, 0.29) is 30.4 Å². The highest BCUT2D eigenvalue weighted by Crippen LogP contribution is 2.41. The lowest BCUT2D eigenvalue weighted by molar-refractivity contribution is -0.208. The van der Waals surface area contributed by atoms with Crippen molar-refractivity contribution in [3.05, 3.63) is 35.4 Å². The summed E-state index contributed by atoms with van der Waals surface area (Å²) in [5, 5.41) is 0. The molecule has 0 bridgehead atoms. The van der Waals surface area contributed by atoms with Crippen LogP contribution in [0.4, 0.5) is 0 Å². The topological polar surface area (TPSA) is 82.1 Å². The zero-order valence-electron chi connectivity index (χ0n) is 14.0.